The Morgan fingerprint density at radius 1 is 1.78 bits per heavy atom. The highest BCUT2D eigenvalue weighted by atomic mass is 32.2. The Kier molecular flexibility index (Phi) is 1.59. The predicted molar refractivity (Wildman–Crippen MR) is 35.3 cm³/mol. The van der Waals surface area contributed by atoms with E-state index in [4.69, 9.17) is 0 Å². The second-order valence-corrected chi connectivity index (χ2v) is 3.70. The van der Waals surface area contributed by atoms with Crippen LogP contribution in [0.1, 0.15) is 13.3 Å². The van der Waals surface area contributed by atoms with Gasteiger partial charge in [-0.15, -0.1) is 0 Å². The Labute approximate surface area is 54.8 Å². The van der Waals surface area contributed by atoms with Crippen molar-refractivity contribution in [2.24, 2.45) is 0 Å². The van der Waals surface area contributed by atoms with Gasteiger partial charge in [-0.1, -0.05) is 13.0 Å². The molecule has 4 heteroatoms. The molecule has 1 N–H and O–H groups in total. The first kappa shape index (κ1) is 6.77. The van der Waals surface area contributed by atoms with Crippen molar-refractivity contribution < 1.29 is 8.42 Å². The van der Waals surface area contributed by atoms with Crippen molar-refractivity contribution in [1.29, 1.82) is 0 Å². The minimum absolute atomic E-state index is 0.472. The zero-order chi connectivity index (χ0) is 6.91. The van der Waals surface area contributed by atoms with Gasteiger partial charge in [0.2, 0.25) is 10.0 Å². The second-order valence-electron chi connectivity index (χ2n) is 1.88. The van der Waals surface area contributed by atoms with Crippen molar-refractivity contribution in [2.45, 2.75) is 13.3 Å². The molecule has 0 fully saturated rings. The largest absolute Gasteiger partial charge is 0.236 e. The van der Waals surface area contributed by atoms with Gasteiger partial charge in [0.25, 0.3) is 0 Å². The van der Waals surface area contributed by atoms with E-state index >= 15 is 0 Å². The van der Waals surface area contributed by atoms with Gasteiger partial charge in [0.05, 0.1) is 4.91 Å². The zero-order valence-corrected chi connectivity index (χ0v) is 6.03. The first-order valence-electron chi connectivity index (χ1n) is 2.85. The third kappa shape index (κ3) is 1.53. The topological polar surface area (TPSA) is 46.2 Å². The standard InChI is InChI=1S/C5H9NO2S/c1-2-6-9(7,8)5-3-4-5/h3,6H,2,4H2,1H3. The Balaban J connectivity index is 2.62. The Bertz CT molecular complexity index is 227. The molecule has 0 amide bonds. The first-order valence-corrected chi connectivity index (χ1v) is 4.34. The Hall–Kier alpha value is -0.350. The highest BCUT2D eigenvalue weighted by Gasteiger charge is 2.22. The fourth-order valence-electron chi connectivity index (χ4n) is 0.544. The molecule has 0 aromatic heterocycles. The smallest absolute Gasteiger partial charge is 0.212 e. The summed E-state index contributed by atoms with van der Waals surface area (Å²) in [6.07, 6.45) is 2.33. The molecular formula is C5H9NO2S. The summed E-state index contributed by atoms with van der Waals surface area (Å²) in [4.78, 5) is 0.532. The summed E-state index contributed by atoms with van der Waals surface area (Å²) in [5.41, 5.74) is 0. The second kappa shape index (κ2) is 2.11. The Morgan fingerprint density at radius 3 is 2.67 bits per heavy atom. The van der Waals surface area contributed by atoms with E-state index < -0.39 is 10.0 Å². The molecule has 1 aliphatic rings. The van der Waals surface area contributed by atoms with Gasteiger partial charge >= 0.3 is 0 Å². The summed E-state index contributed by atoms with van der Waals surface area (Å²) in [7, 11) is -3.03. The van der Waals surface area contributed by atoms with Gasteiger partial charge in [0, 0.05) is 13.0 Å². The van der Waals surface area contributed by atoms with Crippen molar-refractivity contribution in [3.8, 4) is 0 Å². The van der Waals surface area contributed by atoms with E-state index in [1.807, 2.05) is 0 Å². The van der Waals surface area contributed by atoms with E-state index in [-0.39, 0.29) is 0 Å². The van der Waals surface area contributed by atoms with Gasteiger partial charge in [-0.3, -0.25) is 0 Å². The molecule has 0 aromatic carbocycles. The molecular weight excluding hydrogens is 138 g/mol. The third-order valence-corrected chi connectivity index (χ3v) is 2.74. The maximum atomic E-state index is 10.8. The van der Waals surface area contributed by atoms with E-state index in [9.17, 15) is 8.42 Å². The molecule has 1 aliphatic carbocycles. The van der Waals surface area contributed by atoms with Crippen molar-refractivity contribution >= 4 is 10.0 Å². The van der Waals surface area contributed by atoms with Gasteiger partial charge in [-0.2, -0.15) is 0 Å². The van der Waals surface area contributed by atoms with Crippen molar-refractivity contribution in [3.05, 3.63) is 11.0 Å². The highest BCUT2D eigenvalue weighted by Crippen LogP contribution is 2.23. The average Bonchev–Trinajstić information content (AvgIpc) is 2.41. The number of allylic oxidation sites excluding steroid dienone is 2. The van der Waals surface area contributed by atoms with Crippen molar-refractivity contribution in [2.75, 3.05) is 6.54 Å². The van der Waals surface area contributed by atoms with E-state index in [1.165, 1.54) is 0 Å². The van der Waals surface area contributed by atoms with Crippen molar-refractivity contribution in [1.82, 2.24) is 4.72 Å². The van der Waals surface area contributed by atoms with Gasteiger partial charge in [0.15, 0.2) is 0 Å². The molecule has 0 aromatic rings. The number of sulfonamides is 1. The van der Waals surface area contributed by atoms with Gasteiger partial charge < -0.3 is 0 Å². The fraction of sp³-hybridized carbons (Fsp3) is 0.600. The maximum Gasteiger partial charge on any atom is 0.236 e. The van der Waals surface area contributed by atoms with Crippen LogP contribution in [0.5, 0.6) is 0 Å². The van der Waals surface area contributed by atoms with Gasteiger partial charge in [0.1, 0.15) is 0 Å². The highest BCUT2D eigenvalue weighted by molar-refractivity contribution is 7.93. The summed E-state index contributed by atoms with van der Waals surface area (Å²) in [6.45, 7) is 2.24. The van der Waals surface area contributed by atoms with Crippen LogP contribution in [-0.4, -0.2) is 15.0 Å². The molecule has 0 radical (unpaired) electrons. The molecule has 3 nitrogen and oxygen atoms in total. The quantitative estimate of drug-likeness (QED) is 0.620. The minimum Gasteiger partial charge on any atom is -0.212 e. The minimum atomic E-state index is -3.03. The molecule has 0 saturated carbocycles. The van der Waals surface area contributed by atoms with Crippen molar-refractivity contribution in [3.63, 3.8) is 0 Å². The maximum absolute atomic E-state index is 10.8. The van der Waals surface area contributed by atoms with Crippen LogP contribution in [0.25, 0.3) is 0 Å². The van der Waals surface area contributed by atoms with Crippen LogP contribution in [0.2, 0.25) is 0 Å². The molecule has 0 heterocycles. The Morgan fingerprint density at radius 2 is 2.33 bits per heavy atom. The molecule has 0 unspecified atom stereocenters. The molecule has 1 rings (SSSR count). The lowest BCUT2D eigenvalue weighted by molar-refractivity contribution is 0.591. The molecule has 9 heavy (non-hydrogen) atoms. The monoisotopic (exact) mass is 147 g/mol. The summed E-state index contributed by atoms with van der Waals surface area (Å²) in [5.74, 6) is 0. The van der Waals surface area contributed by atoms with E-state index in [2.05, 4.69) is 4.72 Å². The van der Waals surface area contributed by atoms with E-state index in [1.54, 1.807) is 13.0 Å². The lowest BCUT2D eigenvalue weighted by Gasteiger charge is -1.96. The first-order chi connectivity index (χ1) is 4.17. The lowest BCUT2D eigenvalue weighted by Crippen LogP contribution is -2.21. The average molecular weight is 147 g/mol. The van der Waals surface area contributed by atoms with Crippen LogP contribution in [-0.2, 0) is 10.0 Å². The number of hydrogen-bond acceptors (Lipinski definition) is 2. The molecule has 0 saturated heterocycles. The SMILES string of the molecule is CCNS(=O)(=O)C1=CC1. The fourth-order valence-corrected chi connectivity index (χ4v) is 1.63. The number of hydrogen-bond donors (Lipinski definition) is 1. The summed E-state index contributed by atoms with van der Waals surface area (Å²) >= 11 is 0. The van der Waals surface area contributed by atoms with E-state index in [0.717, 1.165) is 0 Å². The van der Waals surface area contributed by atoms with Crippen LogP contribution in [0.4, 0.5) is 0 Å². The van der Waals surface area contributed by atoms with Crippen LogP contribution < -0.4 is 4.72 Å². The molecule has 0 spiro atoms. The van der Waals surface area contributed by atoms with Crippen LogP contribution in [0.15, 0.2) is 11.0 Å². The van der Waals surface area contributed by atoms with Gasteiger partial charge in [-0.05, 0) is 0 Å². The summed E-state index contributed by atoms with van der Waals surface area (Å²) in [5, 5.41) is 0. The van der Waals surface area contributed by atoms with Crippen LogP contribution >= 0.6 is 0 Å². The normalized spacial score (nSPS) is 17.2. The molecule has 0 bridgehead atoms. The summed E-state index contributed by atoms with van der Waals surface area (Å²) in [6, 6.07) is 0. The molecule has 52 valence electrons. The van der Waals surface area contributed by atoms with E-state index in [0.29, 0.717) is 17.9 Å². The molecule has 0 aliphatic heterocycles. The van der Waals surface area contributed by atoms with Gasteiger partial charge in [-0.25, -0.2) is 13.1 Å². The number of rotatable bonds is 3. The lowest BCUT2D eigenvalue weighted by atomic mass is 10.8. The van der Waals surface area contributed by atoms with Crippen LogP contribution in [0.3, 0.4) is 0 Å². The predicted octanol–water partition coefficient (Wildman–Crippen LogP) is 0.213. The number of nitrogens with one attached hydrogen (secondary N) is 1. The zero-order valence-electron chi connectivity index (χ0n) is 5.22. The van der Waals surface area contributed by atoms with Crippen LogP contribution in [0, 0.1) is 0 Å². The third-order valence-electron chi connectivity index (χ3n) is 1.05. The molecule has 0 atom stereocenters. The summed E-state index contributed by atoms with van der Waals surface area (Å²) < 4.78 is 24.0.